The SMILES string of the molecule is Cc1cnc(N2CC[C@@H](O)[C@](CCCc3ccccc3)(C(=O)O)C2)nc1N. The Bertz CT molecular complexity index is 799. The van der Waals surface area contributed by atoms with E-state index in [0.717, 1.165) is 17.5 Å². The molecule has 0 unspecified atom stereocenters. The smallest absolute Gasteiger partial charge is 0.314 e. The van der Waals surface area contributed by atoms with E-state index in [1.165, 1.54) is 0 Å². The number of nitrogens with zero attached hydrogens (tertiary/aromatic N) is 3. The fraction of sp³-hybridized carbons (Fsp3) is 0.450. The quantitative estimate of drug-likeness (QED) is 0.713. The Morgan fingerprint density at radius 1 is 1.37 bits per heavy atom. The predicted octanol–water partition coefficient (Wildman–Crippen LogP) is 2.03. The number of aryl methyl sites for hydroxylation is 2. The molecule has 4 N–H and O–H groups in total. The van der Waals surface area contributed by atoms with Crippen LogP contribution in [0.25, 0.3) is 0 Å². The highest BCUT2D eigenvalue weighted by atomic mass is 16.4. The van der Waals surface area contributed by atoms with Gasteiger partial charge in [0.05, 0.1) is 6.10 Å². The molecule has 2 aromatic rings. The molecule has 1 fully saturated rings. The van der Waals surface area contributed by atoms with Crippen LogP contribution < -0.4 is 10.6 Å². The number of aromatic nitrogens is 2. The molecule has 1 aromatic carbocycles. The first-order valence-corrected chi connectivity index (χ1v) is 9.22. The van der Waals surface area contributed by atoms with Gasteiger partial charge in [0, 0.05) is 24.8 Å². The Kier molecular flexibility index (Phi) is 5.60. The van der Waals surface area contributed by atoms with E-state index < -0.39 is 17.5 Å². The van der Waals surface area contributed by atoms with Gasteiger partial charge < -0.3 is 20.8 Å². The standard InChI is InChI=1S/C20H26N4O3/c1-14-12-22-19(23-17(14)21)24-11-9-16(25)20(13-24,18(26)27)10-5-8-15-6-3-2-4-7-15/h2-4,6-7,12,16,25H,5,8-11,13H2,1H3,(H,26,27)(H2,21,22,23)/t16-,20-/m1/s1. The second-order valence-electron chi connectivity index (χ2n) is 7.26. The van der Waals surface area contributed by atoms with Gasteiger partial charge in [-0.15, -0.1) is 0 Å². The van der Waals surface area contributed by atoms with Crippen LogP contribution >= 0.6 is 0 Å². The molecule has 0 aliphatic carbocycles. The van der Waals surface area contributed by atoms with Crippen LogP contribution in [0.4, 0.5) is 11.8 Å². The van der Waals surface area contributed by atoms with E-state index in [0.29, 0.717) is 37.6 Å². The number of hydrogen-bond donors (Lipinski definition) is 3. The van der Waals surface area contributed by atoms with E-state index in [1.807, 2.05) is 42.2 Å². The number of carbonyl (C=O) groups is 1. The molecule has 3 rings (SSSR count). The largest absolute Gasteiger partial charge is 0.481 e. The Morgan fingerprint density at radius 2 is 2.11 bits per heavy atom. The summed E-state index contributed by atoms with van der Waals surface area (Å²) in [4.78, 5) is 22.6. The predicted molar refractivity (Wildman–Crippen MR) is 103 cm³/mol. The first-order chi connectivity index (χ1) is 12.9. The number of hydrogen-bond acceptors (Lipinski definition) is 6. The van der Waals surface area contributed by atoms with Gasteiger partial charge in [-0.25, -0.2) is 4.98 Å². The minimum Gasteiger partial charge on any atom is -0.481 e. The average Bonchev–Trinajstić information content (AvgIpc) is 2.66. The van der Waals surface area contributed by atoms with E-state index in [2.05, 4.69) is 9.97 Å². The summed E-state index contributed by atoms with van der Waals surface area (Å²) in [5.74, 6) is -0.178. The number of piperidine rings is 1. The maximum atomic E-state index is 12.2. The fourth-order valence-corrected chi connectivity index (χ4v) is 3.66. The molecular formula is C20H26N4O3. The highest BCUT2D eigenvalue weighted by Crippen LogP contribution is 2.37. The molecule has 0 spiro atoms. The van der Waals surface area contributed by atoms with Gasteiger partial charge in [-0.3, -0.25) is 4.79 Å². The van der Waals surface area contributed by atoms with Crippen molar-refractivity contribution in [3.8, 4) is 0 Å². The molecule has 7 nitrogen and oxygen atoms in total. The van der Waals surface area contributed by atoms with Crippen molar-refractivity contribution in [2.24, 2.45) is 5.41 Å². The summed E-state index contributed by atoms with van der Waals surface area (Å²) in [7, 11) is 0. The lowest BCUT2D eigenvalue weighted by atomic mass is 9.73. The zero-order valence-electron chi connectivity index (χ0n) is 15.5. The maximum absolute atomic E-state index is 12.2. The summed E-state index contributed by atoms with van der Waals surface area (Å²) in [6, 6.07) is 9.95. The van der Waals surface area contributed by atoms with Crippen LogP contribution in [-0.4, -0.2) is 45.3 Å². The summed E-state index contributed by atoms with van der Waals surface area (Å²) in [6.45, 7) is 2.49. The number of anilines is 2. The zero-order chi connectivity index (χ0) is 19.4. The number of aliphatic hydroxyl groups is 1. The molecule has 2 heterocycles. The minimum absolute atomic E-state index is 0.167. The number of nitrogens with two attached hydrogens (primary N) is 1. The van der Waals surface area contributed by atoms with Gasteiger partial charge in [-0.2, -0.15) is 4.98 Å². The topological polar surface area (TPSA) is 113 Å². The molecule has 0 saturated carbocycles. The molecule has 1 aromatic heterocycles. The van der Waals surface area contributed by atoms with Gasteiger partial charge in [-0.1, -0.05) is 30.3 Å². The van der Waals surface area contributed by atoms with Crippen molar-refractivity contribution in [1.29, 1.82) is 0 Å². The molecule has 7 heteroatoms. The van der Waals surface area contributed by atoms with Gasteiger partial charge >= 0.3 is 5.97 Å². The monoisotopic (exact) mass is 370 g/mol. The summed E-state index contributed by atoms with van der Waals surface area (Å²) >= 11 is 0. The Hall–Kier alpha value is -2.67. The molecule has 0 bridgehead atoms. The van der Waals surface area contributed by atoms with Crippen molar-refractivity contribution in [1.82, 2.24) is 9.97 Å². The number of carboxylic acid groups (broad SMARTS) is 1. The van der Waals surface area contributed by atoms with Gasteiger partial charge in [0.2, 0.25) is 5.95 Å². The second kappa shape index (κ2) is 7.92. The second-order valence-corrected chi connectivity index (χ2v) is 7.26. The van der Waals surface area contributed by atoms with Gasteiger partial charge in [0.15, 0.2) is 0 Å². The van der Waals surface area contributed by atoms with E-state index in [-0.39, 0.29) is 6.54 Å². The number of carboxylic acids is 1. The molecule has 27 heavy (non-hydrogen) atoms. The number of rotatable bonds is 6. The van der Waals surface area contributed by atoms with E-state index >= 15 is 0 Å². The third kappa shape index (κ3) is 4.03. The van der Waals surface area contributed by atoms with Crippen LogP contribution in [0.5, 0.6) is 0 Å². The lowest BCUT2D eigenvalue weighted by Gasteiger charge is -2.43. The molecule has 1 saturated heterocycles. The van der Waals surface area contributed by atoms with Crippen LogP contribution in [0.1, 0.15) is 30.4 Å². The molecule has 2 atom stereocenters. The number of benzene rings is 1. The first kappa shape index (κ1) is 19.1. The molecule has 0 radical (unpaired) electrons. The molecule has 1 aliphatic heterocycles. The minimum atomic E-state index is -1.24. The van der Waals surface area contributed by atoms with Crippen molar-refractivity contribution in [2.45, 2.75) is 38.7 Å². The van der Waals surface area contributed by atoms with Crippen LogP contribution in [0.2, 0.25) is 0 Å². The van der Waals surface area contributed by atoms with E-state index in [9.17, 15) is 15.0 Å². The van der Waals surface area contributed by atoms with Crippen molar-refractivity contribution in [3.05, 3.63) is 47.7 Å². The lowest BCUT2D eigenvalue weighted by molar-refractivity contribution is -0.158. The fourth-order valence-electron chi connectivity index (χ4n) is 3.66. The van der Waals surface area contributed by atoms with Crippen molar-refractivity contribution in [3.63, 3.8) is 0 Å². The third-order valence-corrected chi connectivity index (χ3v) is 5.42. The van der Waals surface area contributed by atoms with E-state index in [4.69, 9.17) is 5.73 Å². The van der Waals surface area contributed by atoms with Crippen molar-refractivity contribution in [2.75, 3.05) is 23.7 Å². The van der Waals surface area contributed by atoms with Crippen LogP contribution in [-0.2, 0) is 11.2 Å². The Labute approximate surface area is 158 Å². The number of nitrogen functional groups attached to an aromatic ring is 1. The number of aliphatic carboxylic acids is 1. The molecule has 144 valence electrons. The van der Waals surface area contributed by atoms with E-state index in [1.54, 1.807) is 6.20 Å². The van der Waals surface area contributed by atoms with Crippen LogP contribution in [0.3, 0.4) is 0 Å². The third-order valence-electron chi connectivity index (χ3n) is 5.42. The average molecular weight is 370 g/mol. The maximum Gasteiger partial charge on any atom is 0.314 e. The summed E-state index contributed by atoms with van der Waals surface area (Å²) < 4.78 is 0. The van der Waals surface area contributed by atoms with Gasteiger partial charge in [-0.05, 0) is 38.2 Å². The summed E-state index contributed by atoms with van der Waals surface area (Å²) in [6.07, 6.45) is 2.94. The Morgan fingerprint density at radius 3 is 2.78 bits per heavy atom. The van der Waals surface area contributed by atoms with Crippen molar-refractivity contribution < 1.29 is 15.0 Å². The summed E-state index contributed by atoms with van der Waals surface area (Å²) in [5, 5.41) is 20.5. The highest BCUT2D eigenvalue weighted by Gasteiger charge is 2.49. The normalized spacial score (nSPS) is 22.6. The Balaban J connectivity index is 1.76. The first-order valence-electron chi connectivity index (χ1n) is 9.22. The van der Waals surface area contributed by atoms with Crippen LogP contribution in [0.15, 0.2) is 36.5 Å². The lowest BCUT2D eigenvalue weighted by Crippen LogP contribution is -2.56. The molecule has 0 amide bonds. The molecule has 1 aliphatic rings. The van der Waals surface area contributed by atoms with Crippen molar-refractivity contribution >= 4 is 17.7 Å². The zero-order valence-corrected chi connectivity index (χ0v) is 15.5. The van der Waals surface area contributed by atoms with Crippen LogP contribution in [0, 0.1) is 12.3 Å². The number of aliphatic hydroxyl groups excluding tert-OH is 1. The van der Waals surface area contributed by atoms with Gasteiger partial charge in [0.1, 0.15) is 11.2 Å². The molecular weight excluding hydrogens is 344 g/mol. The highest BCUT2D eigenvalue weighted by molar-refractivity contribution is 5.77. The van der Waals surface area contributed by atoms with Gasteiger partial charge in [0.25, 0.3) is 0 Å². The summed E-state index contributed by atoms with van der Waals surface area (Å²) in [5.41, 5.74) is 6.59.